The van der Waals surface area contributed by atoms with Gasteiger partial charge in [0, 0.05) is 17.3 Å². The summed E-state index contributed by atoms with van der Waals surface area (Å²) in [7, 11) is 0. The number of carboxylic acids is 1. The summed E-state index contributed by atoms with van der Waals surface area (Å²) in [5.41, 5.74) is 1.03. The highest BCUT2D eigenvalue weighted by Crippen LogP contribution is 2.30. The first-order chi connectivity index (χ1) is 8.58. The number of aryl methyl sites for hydroxylation is 1. The smallest absolute Gasteiger partial charge is 0.339 e. The molecular weight excluding hydrogens is 300 g/mol. The van der Waals surface area contributed by atoms with Gasteiger partial charge in [-0.3, -0.25) is 0 Å². The molecule has 1 N–H and O–H groups in total. The lowest BCUT2D eigenvalue weighted by atomic mass is 10.1. The van der Waals surface area contributed by atoms with Gasteiger partial charge in [-0.25, -0.2) is 4.79 Å². The third kappa shape index (κ3) is 3.03. The van der Waals surface area contributed by atoms with Crippen molar-refractivity contribution in [3.63, 3.8) is 0 Å². The van der Waals surface area contributed by atoms with Crippen LogP contribution in [-0.4, -0.2) is 30.4 Å². The summed E-state index contributed by atoms with van der Waals surface area (Å²) in [5.74, 6) is -0.501. The van der Waals surface area contributed by atoms with Crippen molar-refractivity contribution in [1.29, 1.82) is 0 Å². The average molecular weight is 315 g/mol. The van der Waals surface area contributed by atoms with Gasteiger partial charge in [0.25, 0.3) is 0 Å². The molecule has 0 spiro atoms. The third-order valence-electron chi connectivity index (χ3n) is 2.92. The highest BCUT2D eigenvalue weighted by atomic mass is 79.9. The highest BCUT2D eigenvalue weighted by molar-refractivity contribution is 9.10. The van der Waals surface area contributed by atoms with E-state index in [0.29, 0.717) is 19.0 Å². The molecule has 2 rings (SSSR count). The van der Waals surface area contributed by atoms with Gasteiger partial charge in [-0.05, 0) is 24.6 Å². The van der Waals surface area contributed by atoms with Crippen molar-refractivity contribution in [3.8, 4) is 5.75 Å². The molecule has 0 aromatic heterocycles. The van der Waals surface area contributed by atoms with Gasteiger partial charge in [0.2, 0.25) is 0 Å². The predicted octanol–water partition coefficient (Wildman–Crippen LogP) is 3.01. The number of halogens is 1. The van der Waals surface area contributed by atoms with Crippen molar-refractivity contribution >= 4 is 21.9 Å². The Morgan fingerprint density at radius 1 is 1.44 bits per heavy atom. The normalized spacial score (nSPS) is 16.6. The zero-order chi connectivity index (χ0) is 13.1. The van der Waals surface area contributed by atoms with Crippen LogP contribution in [0.25, 0.3) is 0 Å². The zero-order valence-electron chi connectivity index (χ0n) is 10.1. The minimum Gasteiger partial charge on any atom is -0.489 e. The van der Waals surface area contributed by atoms with Crippen LogP contribution in [0.2, 0.25) is 0 Å². The van der Waals surface area contributed by atoms with Crippen LogP contribution in [0, 0.1) is 6.92 Å². The molecule has 0 aliphatic carbocycles. The van der Waals surface area contributed by atoms with Gasteiger partial charge >= 0.3 is 5.97 Å². The van der Waals surface area contributed by atoms with E-state index in [4.69, 9.17) is 9.47 Å². The largest absolute Gasteiger partial charge is 0.489 e. The van der Waals surface area contributed by atoms with E-state index in [9.17, 15) is 9.90 Å². The first kappa shape index (κ1) is 13.4. The first-order valence-electron chi connectivity index (χ1n) is 5.86. The molecule has 1 aliphatic rings. The molecule has 5 heteroatoms. The Bertz CT molecular complexity index is 453. The molecule has 18 heavy (non-hydrogen) atoms. The van der Waals surface area contributed by atoms with Gasteiger partial charge in [0.05, 0.1) is 13.2 Å². The number of carbonyl (C=O) groups is 1. The minimum absolute atomic E-state index is 0.0386. The molecule has 1 heterocycles. The Morgan fingerprint density at radius 2 is 2.11 bits per heavy atom. The number of benzene rings is 1. The van der Waals surface area contributed by atoms with E-state index in [0.717, 1.165) is 22.9 Å². The lowest BCUT2D eigenvalue weighted by Crippen LogP contribution is -2.26. The van der Waals surface area contributed by atoms with E-state index < -0.39 is 5.97 Å². The van der Waals surface area contributed by atoms with Crippen LogP contribution in [0.4, 0.5) is 0 Å². The second-order valence-electron chi connectivity index (χ2n) is 4.33. The Morgan fingerprint density at radius 3 is 2.72 bits per heavy atom. The third-order valence-corrected chi connectivity index (χ3v) is 3.38. The Hall–Kier alpha value is -1.07. The maximum Gasteiger partial charge on any atom is 0.339 e. The first-order valence-corrected chi connectivity index (χ1v) is 6.65. The molecule has 0 radical (unpaired) electrons. The summed E-state index contributed by atoms with van der Waals surface area (Å²) < 4.78 is 11.9. The van der Waals surface area contributed by atoms with Crippen molar-refractivity contribution in [1.82, 2.24) is 0 Å². The van der Waals surface area contributed by atoms with Crippen LogP contribution in [0.3, 0.4) is 0 Å². The fourth-order valence-corrected chi connectivity index (χ4v) is 2.58. The van der Waals surface area contributed by atoms with Gasteiger partial charge in [-0.15, -0.1) is 0 Å². The van der Waals surface area contributed by atoms with Gasteiger partial charge in [-0.2, -0.15) is 0 Å². The quantitative estimate of drug-likeness (QED) is 0.931. The molecule has 0 amide bonds. The molecule has 1 aromatic carbocycles. The number of hydrogen-bond acceptors (Lipinski definition) is 3. The van der Waals surface area contributed by atoms with E-state index in [1.165, 1.54) is 0 Å². The molecule has 0 saturated carbocycles. The van der Waals surface area contributed by atoms with Crippen molar-refractivity contribution in [2.75, 3.05) is 13.2 Å². The standard InChI is InChI=1S/C13H15BrO4/c1-8-6-9(14)7-11(13(15)16)12(8)18-10-2-4-17-5-3-10/h6-7,10H,2-5H2,1H3,(H,15,16). The Kier molecular flexibility index (Phi) is 4.24. The molecular formula is C13H15BrO4. The summed E-state index contributed by atoms with van der Waals surface area (Å²) in [4.78, 5) is 11.2. The molecule has 1 fully saturated rings. The van der Waals surface area contributed by atoms with Crippen molar-refractivity contribution in [3.05, 3.63) is 27.7 Å². The fourth-order valence-electron chi connectivity index (χ4n) is 2.01. The maximum absolute atomic E-state index is 11.2. The van der Waals surface area contributed by atoms with Crippen LogP contribution in [0.15, 0.2) is 16.6 Å². The van der Waals surface area contributed by atoms with E-state index in [1.807, 2.05) is 13.0 Å². The summed E-state index contributed by atoms with van der Waals surface area (Å²) in [6.45, 7) is 3.19. The van der Waals surface area contributed by atoms with E-state index >= 15 is 0 Å². The zero-order valence-corrected chi connectivity index (χ0v) is 11.7. The number of hydrogen-bond donors (Lipinski definition) is 1. The maximum atomic E-state index is 11.2. The second kappa shape index (κ2) is 5.71. The van der Waals surface area contributed by atoms with E-state index in [1.54, 1.807) is 6.07 Å². The molecule has 0 unspecified atom stereocenters. The van der Waals surface area contributed by atoms with Crippen molar-refractivity contribution in [2.45, 2.75) is 25.9 Å². The lowest BCUT2D eigenvalue weighted by Gasteiger charge is -2.25. The predicted molar refractivity (Wildman–Crippen MR) is 70.3 cm³/mol. The molecule has 0 atom stereocenters. The number of carboxylic acid groups (broad SMARTS) is 1. The number of rotatable bonds is 3. The molecule has 1 aromatic rings. The van der Waals surface area contributed by atoms with Crippen LogP contribution < -0.4 is 4.74 Å². The van der Waals surface area contributed by atoms with Gasteiger partial charge in [-0.1, -0.05) is 15.9 Å². The van der Waals surface area contributed by atoms with Crippen LogP contribution in [-0.2, 0) is 4.74 Å². The van der Waals surface area contributed by atoms with Crippen LogP contribution in [0.5, 0.6) is 5.75 Å². The van der Waals surface area contributed by atoms with Crippen LogP contribution >= 0.6 is 15.9 Å². The fraction of sp³-hybridized carbons (Fsp3) is 0.462. The van der Waals surface area contributed by atoms with E-state index in [2.05, 4.69) is 15.9 Å². The molecule has 1 aliphatic heterocycles. The monoisotopic (exact) mass is 314 g/mol. The second-order valence-corrected chi connectivity index (χ2v) is 5.25. The number of aromatic carboxylic acids is 1. The molecule has 98 valence electrons. The highest BCUT2D eigenvalue weighted by Gasteiger charge is 2.21. The van der Waals surface area contributed by atoms with E-state index in [-0.39, 0.29) is 11.7 Å². The Labute approximate surface area is 114 Å². The van der Waals surface area contributed by atoms with Crippen molar-refractivity contribution < 1.29 is 19.4 Å². The SMILES string of the molecule is Cc1cc(Br)cc(C(=O)O)c1OC1CCOCC1. The van der Waals surface area contributed by atoms with Gasteiger partial charge in [0.15, 0.2) is 0 Å². The number of ether oxygens (including phenoxy) is 2. The summed E-state index contributed by atoms with van der Waals surface area (Å²) in [6, 6.07) is 3.44. The average Bonchev–Trinajstić information content (AvgIpc) is 2.33. The van der Waals surface area contributed by atoms with Gasteiger partial charge in [0.1, 0.15) is 17.4 Å². The molecule has 1 saturated heterocycles. The molecule has 0 bridgehead atoms. The molecule has 4 nitrogen and oxygen atoms in total. The van der Waals surface area contributed by atoms with Crippen molar-refractivity contribution in [2.24, 2.45) is 0 Å². The summed E-state index contributed by atoms with van der Waals surface area (Å²) in [6.07, 6.45) is 1.64. The Balaban J connectivity index is 2.27. The topological polar surface area (TPSA) is 55.8 Å². The lowest BCUT2D eigenvalue weighted by molar-refractivity contribution is 0.0245. The minimum atomic E-state index is -0.971. The van der Waals surface area contributed by atoms with Gasteiger partial charge < -0.3 is 14.6 Å². The van der Waals surface area contributed by atoms with Crippen LogP contribution in [0.1, 0.15) is 28.8 Å². The summed E-state index contributed by atoms with van der Waals surface area (Å²) in [5, 5.41) is 9.22. The summed E-state index contributed by atoms with van der Waals surface area (Å²) >= 11 is 3.30.